The van der Waals surface area contributed by atoms with Crippen molar-refractivity contribution in [2.75, 3.05) is 11.9 Å². The van der Waals surface area contributed by atoms with Crippen molar-refractivity contribution in [2.24, 2.45) is 5.73 Å². The first-order valence-electron chi connectivity index (χ1n) is 3.82. The van der Waals surface area contributed by atoms with E-state index >= 15 is 0 Å². The van der Waals surface area contributed by atoms with E-state index in [1.807, 2.05) is 0 Å². The van der Waals surface area contributed by atoms with E-state index in [0.717, 1.165) is 0 Å². The molecule has 0 unspecified atom stereocenters. The van der Waals surface area contributed by atoms with Crippen LogP contribution in [0, 0.1) is 0 Å². The number of nitrogens with one attached hydrogen (secondary N) is 1. The minimum atomic E-state index is -1.07. The highest BCUT2D eigenvalue weighted by atomic mass is 16.4. The number of amides is 1. The fourth-order valence-electron chi connectivity index (χ4n) is 0.826. The summed E-state index contributed by atoms with van der Waals surface area (Å²) in [6, 6.07) is 2.59. The summed E-state index contributed by atoms with van der Waals surface area (Å²) in [7, 11) is 0. The van der Waals surface area contributed by atoms with Crippen LogP contribution in [-0.2, 0) is 4.79 Å². The van der Waals surface area contributed by atoms with Crippen molar-refractivity contribution in [3.05, 3.63) is 23.9 Å². The Morgan fingerprint density at radius 3 is 2.86 bits per heavy atom. The number of carboxylic acid groups (broad SMARTS) is 1. The third-order valence-corrected chi connectivity index (χ3v) is 1.46. The highest BCUT2D eigenvalue weighted by Crippen LogP contribution is 2.06. The van der Waals surface area contributed by atoms with Crippen LogP contribution in [0.3, 0.4) is 0 Å². The molecule has 14 heavy (non-hydrogen) atoms. The Hall–Kier alpha value is -1.95. The molecule has 0 fully saturated rings. The number of pyridine rings is 1. The Morgan fingerprint density at radius 1 is 1.57 bits per heavy atom. The second-order valence-corrected chi connectivity index (χ2v) is 2.49. The maximum absolute atomic E-state index is 10.8. The van der Waals surface area contributed by atoms with Crippen molar-refractivity contribution >= 4 is 17.7 Å². The maximum atomic E-state index is 10.8. The lowest BCUT2D eigenvalue weighted by Gasteiger charge is -2.02. The second kappa shape index (κ2) is 4.33. The molecule has 4 N–H and O–H groups in total. The molecule has 0 atom stereocenters. The van der Waals surface area contributed by atoms with Crippen molar-refractivity contribution in [2.45, 2.75) is 0 Å². The molecule has 0 saturated heterocycles. The molecule has 0 aliphatic heterocycles. The molecule has 0 bridgehead atoms. The highest BCUT2D eigenvalue weighted by molar-refractivity contribution is 5.93. The molecule has 1 heterocycles. The number of anilines is 1. The van der Waals surface area contributed by atoms with Crippen LogP contribution in [0.2, 0.25) is 0 Å². The number of carboxylic acids is 1. The summed E-state index contributed by atoms with van der Waals surface area (Å²) in [4.78, 5) is 25.1. The molecule has 0 aliphatic rings. The van der Waals surface area contributed by atoms with Gasteiger partial charge in [-0.2, -0.15) is 0 Å². The zero-order valence-corrected chi connectivity index (χ0v) is 7.23. The van der Waals surface area contributed by atoms with E-state index in [1.54, 1.807) is 0 Å². The maximum Gasteiger partial charge on any atom is 0.335 e. The number of rotatable bonds is 3. The number of hydrogen-bond donors (Lipinski definition) is 3. The first kappa shape index (κ1) is 10.1. The molecule has 6 heteroatoms. The minimum Gasteiger partial charge on any atom is -0.478 e. The van der Waals surface area contributed by atoms with Crippen molar-refractivity contribution in [1.29, 1.82) is 0 Å². The number of carbonyl (C=O) groups excluding carboxylic acids is 1. The molecule has 0 spiro atoms. The van der Waals surface area contributed by atoms with Crippen molar-refractivity contribution in [1.82, 2.24) is 4.98 Å². The average molecular weight is 195 g/mol. The van der Waals surface area contributed by atoms with Gasteiger partial charge in [-0.05, 0) is 12.1 Å². The van der Waals surface area contributed by atoms with Crippen LogP contribution >= 0.6 is 0 Å². The lowest BCUT2D eigenvalue weighted by atomic mass is 10.2. The van der Waals surface area contributed by atoms with Crippen LogP contribution in [0.4, 0.5) is 5.82 Å². The predicted molar refractivity (Wildman–Crippen MR) is 48.9 cm³/mol. The lowest BCUT2D eigenvalue weighted by Crippen LogP contribution is -2.22. The third kappa shape index (κ3) is 2.53. The van der Waals surface area contributed by atoms with Crippen LogP contribution in [0.1, 0.15) is 10.4 Å². The zero-order valence-electron chi connectivity index (χ0n) is 7.23. The van der Waals surface area contributed by atoms with E-state index in [9.17, 15) is 9.59 Å². The Balaban J connectivity index is 2.83. The van der Waals surface area contributed by atoms with Crippen molar-refractivity contribution < 1.29 is 14.7 Å². The number of nitrogens with two attached hydrogens (primary N) is 1. The highest BCUT2D eigenvalue weighted by Gasteiger charge is 2.05. The Bertz CT molecular complexity index is 365. The molecule has 1 rings (SSSR count). The molecule has 1 aromatic heterocycles. The Labute approximate surface area is 79.8 Å². The second-order valence-electron chi connectivity index (χ2n) is 2.49. The Kier molecular flexibility index (Phi) is 3.14. The third-order valence-electron chi connectivity index (χ3n) is 1.46. The summed E-state index contributed by atoms with van der Waals surface area (Å²) in [5.41, 5.74) is 5.12. The summed E-state index contributed by atoms with van der Waals surface area (Å²) < 4.78 is 0. The normalized spacial score (nSPS) is 9.50. The SMILES string of the molecule is NCC(=O)Nc1cc(C(=O)O)ccn1. The van der Waals surface area contributed by atoms with Gasteiger partial charge in [-0.25, -0.2) is 9.78 Å². The van der Waals surface area contributed by atoms with E-state index in [1.165, 1.54) is 18.3 Å². The van der Waals surface area contributed by atoms with Crippen molar-refractivity contribution in [3.63, 3.8) is 0 Å². The molecule has 0 saturated carbocycles. The molecule has 6 nitrogen and oxygen atoms in total. The Morgan fingerprint density at radius 2 is 2.29 bits per heavy atom. The number of carbonyl (C=O) groups is 2. The van der Waals surface area contributed by atoms with Crippen molar-refractivity contribution in [3.8, 4) is 0 Å². The summed E-state index contributed by atoms with van der Waals surface area (Å²) in [6.07, 6.45) is 1.30. The monoisotopic (exact) mass is 195 g/mol. The van der Waals surface area contributed by atoms with Gasteiger partial charge in [-0.3, -0.25) is 4.79 Å². The van der Waals surface area contributed by atoms with E-state index < -0.39 is 11.9 Å². The van der Waals surface area contributed by atoms with Crippen LogP contribution in [0.5, 0.6) is 0 Å². The number of nitrogens with zero attached hydrogens (tertiary/aromatic N) is 1. The first-order chi connectivity index (χ1) is 6.63. The summed E-state index contributed by atoms with van der Waals surface area (Å²) in [5.74, 6) is -1.31. The zero-order chi connectivity index (χ0) is 10.6. The van der Waals surface area contributed by atoms with E-state index in [4.69, 9.17) is 10.8 Å². The van der Waals surface area contributed by atoms with Crippen LogP contribution < -0.4 is 11.1 Å². The molecular formula is C8H9N3O3. The first-order valence-corrected chi connectivity index (χ1v) is 3.82. The van der Waals surface area contributed by atoms with Gasteiger partial charge in [0, 0.05) is 6.20 Å². The lowest BCUT2D eigenvalue weighted by molar-refractivity contribution is -0.114. The number of aromatic carboxylic acids is 1. The molecule has 0 aromatic carbocycles. The van der Waals surface area contributed by atoms with Gasteiger partial charge in [0.1, 0.15) is 5.82 Å². The van der Waals surface area contributed by atoms with Crippen LogP contribution in [0.25, 0.3) is 0 Å². The largest absolute Gasteiger partial charge is 0.478 e. The predicted octanol–water partition coefficient (Wildman–Crippen LogP) is -0.323. The van der Waals surface area contributed by atoms with Gasteiger partial charge in [-0.1, -0.05) is 0 Å². The molecule has 74 valence electrons. The van der Waals surface area contributed by atoms with Gasteiger partial charge in [0.25, 0.3) is 0 Å². The van der Waals surface area contributed by atoms with Gasteiger partial charge >= 0.3 is 5.97 Å². The van der Waals surface area contributed by atoms with Gasteiger partial charge in [0.05, 0.1) is 12.1 Å². The number of hydrogen-bond acceptors (Lipinski definition) is 4. The summed E-state index contributed by atoms with van der Waals surface area (Å²) in [5, 5.41) is 11.0. The minimum absolute atomic E-state index is 0.0623. The molecule has 1 aromatic rings. The average Bonchev–Trinajstić information content (AvgIpc) is 2.18. The topological polar surface area (TPSA) is 105 Å². The molecular weight excluding hydrogens is 186 g/mol. The smallest absolute Gasteiger partial charge is 0.335 e. The van der Waals surface area contributed by atoms with Crippen LogP contribution in [-0.4, -0.2) is 28.5 Å². The quantitative estimate of drug-likeness (QED) is 0.612. The summed E-state index contributed by atoms with van der Waals surface area (Å²) >= 11 is 0. The summed E-state index contributed by atoms with van der Waals surface area (Å²) in [6.45, 7) is -0.168. The van der Waals surface area contributed by atoms with Gasteiger partial charge in [0.15, 0.2) is 0 Å². The van der Waals surface area contributed by atoms with Crippen LogP contribution in [0.15, 0.2) is 18.3 Å². The molecule has 1 amide bonds. The fourth-order valence-corrected chi connectivity index (χ4v) is 0.826. The van der Waals surface area contributed by atoms with Gasteiger partial charge in [-0.15, -0.1) is 0 Å². The number of aromatic nitrogens is 1. The molecule has 0 aliphatic carbocycles. The van der Waals surface area contributed by atoms with E-state index in [0.29, 0.717) is 0 Å². The van der Waals surface area contributed by atoms with E-state index in [-0.39, 0.29) is 17.9 Å². The van der Waals surface area contributed by atoms with Gasteiger partial charge < -0.3 is 16.2 Å². The molecule has 0 radical (unpaired) electrons. The van der Waals surface area contributed by atoms with Gasteiger partial charge in [0.2, 0.25) is 5.91 Å². The van der Waals surface area contributed by atoms with E-state index in [2.05, 4.69) is 10.3 Å². The fraction of sp³-hybridized carbons (Fsp3) is 0.125. The standard InChI is InChI=1S/C8H9N3O3/c9-4-7(12)11-6-3-5(8(13)14)1-2-10-6/h1-3H,4,9H2,(H,13,14)(H,10,11,12).